The Bertz CT molecular complexity index is 594. The summed E-state index contributed by atoms with van der Waals surface area (Å²) < 4.78 is 17.6. The summed E-state index contributed by atoms with van der Waals surface area (Å²) in [6.07, 6.45) is 0. The lowest BCUT2D eigenvalue weighted by Crippen LogP contribution is -2.56. The Hall–Kier alpha value is -1.46. The molecule has 2 aromatic carbocycles. The fourth-order valence-corrected chi connectivity index (χ4v) is 4.57. The zero-order chi connectivity index (χ0) is 15.3. The maximum atomic E-state index is 6.16. The van der Waals surface area contributed by atoms with Crippen molar-refractivity contribution in [2.24, 2.45) is 0 Å². The molecule has 0 unspecified atom stereocenters. The number of hydrogen-bond donors (Lipinski definition) is 0. The smallest absolute Gasteiger partial charge is 0.373 e. The van der Waals surface area contributed by atoms with Gasteiger partial charge in [0.15, 0.2) is 0 Å². The molecule has 0 aliphatic heterocycles. The molecule has 0 aliphatic rings. The molecule has 0 fully saturated rings. The molecule has 112 valence electrons. The zero-order valence-electron chi connectivity index (χ0n) is 13.1. The van der Waals surface area contributed by atoms with Crippen LogP contribution in [0, 0.1) is 13.8 Å². The third kappa shape index (κ3) is 3.41. The first-order chi connectivity index (χ1) is 10.1. The molecule has 0 spiro atoms. The minimum absolute atomic E-state index is 0.481. The first-order valence-electron chi connectivity index (χ1n) is 6.98. The van der Waals surface area contributed by atoms with E-state index in [1.807, 2.05) is 43.3 Å². The Labute approximate surface area is 127 Å². The number of aryl methyl sites for hydroxylation is 2. The molecule has 0 saturated heterocycles. The van der Waals surface area contributed by atoms with Crippen LogP contribution in [0.15, 0.2) is 48.5 Å². The standard InChI is InChI=1S/C17H22O3Si/c1-14-9-5-7-11-16(14)13-20-21(18-3,19-4)17-12-8-6-10-15(17)2/h5-12H,13H2,1-4H3. The minimum atomic E-state index is -2.87. The Kier molecular flexibility index (Phi) is 5.31. The third-order valence-electron chi connectivity index (χ3n) is 3.69. The number of hydrogen-bond acceptors (Lipinski definition) is 3. The van der Waals surface area contributed by atoms with Crippen molar-refractivity contribution in [2.75, 3.05) is 14.2 Å². The van der Waals surface area contributed by atoms with Gasteiger partial charge in [0, 0.05) is 19.4 Å². The highest BCUT2D eigenvalue weighted by atomic mass is 28.4. The number of rotatable bonds is 6. The minimum Gasteiger partial charge on any atom is -0.373 e. The first-order valence-corrected chi connectivity index (χ1v) is 8.70. The molecule has 0 saturated carbocycles. The molecule has 4 heteroatoms. The summed E-state index contributed by atoms with van der Waals surface area (Å²) in [4.78, 5) is 0. The van der Waals surface area contributed by atoms with E-state index in [0.29, 0.717) is 6.61 Å². The quantitative estimate of drug-likeness (QED) is 0.768. The molecule has 0 radical (unpaired) electrons. The van der Waals surface area contributed by atoms with Crippen LogP contribution < -0.4 is 5.19 Å². The first kappa shape index (κ1) is 15.9. The predicted molar refractivity (Wildman–Crippen MR) is 86.6 cm³/mol. The lowest BCUT2D eigenvalue weighted by molar-refractivity contribution is 0.106. The topological polar surface area (TPSA) is 27.7 Å². The van der Waals surface area contributed by atoms with Gasteiger partial charge in [-0.15, -0.1) is 0 Å². The largest absolute Gasteiger partial charge is 0.537 e. The highest BCUT2D eigenvalue weighted by Crippen LogP contribution is 2.16. The van der Waals surface area contributed by atoms with E-state index in [0.717, 1.165) is 16.3 Å². The summed E-state index contributed by atoms with van der Waals surface area (Å²) in [6, 6.07) is 16.2. The normalized spacial score (nSPS) is 11.6. The van der Waals surface area contributed by atoms with Crippen molar-refractivity contribution < 1.29 is 13.3 Å². The molecule has 0 heterocycles. The van der Waals surface area contributed by atoms with Crippen LogP contribution in [-0.2, 0) is 19.9 Å². The molecule has 0 atom stereocenters. The van der Waals surface area contributed by atoms with Crippen LogP contribution in [0.3, 0.4) is 0 Å². The molecule has 0 amide bonds. The highest BCUT2D eigenvalue weighted by Gasteiger charge is 2.43. The van der Waals surface area contributed by atoms with E-state index in [-0.39, 0.29) is 0 Å². The van der Waals surface area contributed by atoms with E-state index in [1.54, 1.807) is 14.2 Å². The van der Waals surface area contributed by atoms with Crippen molar-refractivity contribution in [1.29, 1.82) is 0 Å². The maximum Gasteiger partial charge on any atom is 0.537 e. The molecule has 21 heavy (non-hydrogen) atoms. The monoisotopic (exact) mass is 302 g/mol. The fourth-order valence-electron chi connectivity index (χ4n) is 2.36. The highest BCUT2D eigenvalue weighted by molar-refractivity contribution is 6.75. The van der Waals surface area contributed by atoms with Gasteiger partial charge in [-0.2, -0.15) is 0 Å². The SMILES string of the molecule is CO[Si](OC)(OCc1ccccc1C)c1ccccc1C. The molecule has 2 rings (SSSR count). The molecule has 0 N–H and O–H groups in total. The molecule has 2 aromatic rings. The van der Waals surface area contributed by atoms with Crippen LogP contribution in [0.2, 0.25) is 0 Å². The van der Waals surface area contributed by atoms with Crippen molar-refractivity contribution in [1.82, 2.24) is 0 Å². The molecular weight excluding hydrogens is 280 g/mol. The fraction of sp³-hybridized carbons (Fsp3) is 0.294. The van der Waals surface area contributed by atoms with Crippen LogP contribution in [-0.4, -0.2) is 23.0 Å². The Balaban J connectivity index is 2.27. The van der Waals surface area contributed by atoms with Gasteiger partial charge in [-0.3, -0.25) is 0 Å². The van der Waals surface area contributed by atoms with E-state index in [1.165, 1.54) is 5.56 Å². The van der Waals surface area contributed by atoms with Gasteiger partial charge in [0.1, 0.15) is 0 Å². The zero-order valence-corrected chi connectivity index (χ0v) is 14.1. The maximum absolute atomic E-state index is 6.16. The van der Waals surface area contributed by atoms with Gasteiger partial charge in [-0.1, -0.05) is 48.5 Å². The predicted octanol–water partition coefficient (Wildman–Crippen LogP) is 2.96. The van der Waals surface area contributed by atoms with E-state index < -0.39 is 8.80 Å². The van der Waals surface area contributed by atoms with Crippen LogP contribution in [0.25, 0.3) is 0 Å². The second kappa shape index (κ2) is 7.00. The summed E-state index contributed by atoms with van der Waals surface area (Å²) in [7, 11) is 0.436. The van der Waals surface area contributed by atoms with Gasteiger partial charge in [0.05, 0.1) is 6.61 Å². The lowest BCUT2D eigenvalue weighted by atomic mass is 10.1. The second-order valence-corrected chi connectivity index (χ2v) is 7.75. The third-order valence-corrected chi connectivity index (χ3v) is 6.51. The van der Waals surface area contributed by atoms with Crippen molar-refractivity contribution in [3.8, 4) is 0 Å². The van der Waals surface area contributed by atoms with Crippen LogP contribution in [0.4, 0.5) is 0 Å². The molecule has 3 nitrogen and oxygen atoms in total. The lowest BCUT2D eigenvalue weighted by Gasteiger charge is -2.28. The summed E-state index contributed by atoms with van der Waals surface area (Å²) in [6.45, 7) is 4.61. The van der Waals surface area contributed by atoms with Crippen molar-refractivity contribution in [2.45, 2.75) is 20.5 Å². The van der Waals surface area contributed by atoms with Gasteiger partial charge >= 0.3 is 8.80 Å². The van der Waals surface area contributed by atoms with Gasteiger partial charge in [-0.25, -0.2) is 0 Å². The Morgan fingerprint density at radius 1 is 0.810 bits per heavy atom. The van der Waals surface area contributed by atoms with Gasteiger partial charge in [0.25, 0.3) is 0 Å². The van der Waals surface area contributed by atoms with Crippen molar-refractivity contribution >= 4 is 14.0 Å². The Morgan fingerprint density at radius 3 is 1.95 bits per heavy atom. The summed E-state index contributed by atoms with van der Waals surface area (Å²) in [5.74, 6) is 0. The summed E-state index contributed by atoms with van der Waals surface area (Å²) in [5.41, 5.74) is 3.48. The average molecular weight is 302 g/mol. The molecule has 0 aliphatic carbocycles. The van der Waals surface area contributed by atoms with Gasteiger partial charge < -0.3 is 13.3 Å². The second-order valence-electron chi connectivity index (χ2n) is 4.99. The average Bonchev–Trinajstić information content (AvgIpc) is 2.51. The van der Waals surface area contributed by atoms with Crippen LogP contribution in [0.5, 0.6) is 0 Å². The van der Waals surface area contributed by atoms with Gasteiger partial charge in [-0.05, 0) is 30.5 Å². The van der Waals surface area contributed by atoms with Gasteiger partial charge in [0.2, 0.25) is 0 Å². The van der Waals surface area contributed by atoms with Crippen molar-refractivity contribution in [3.05, 3.63) is 65.2 Å². The number of benzene rings is 2. The van der Waals surface area contributed by atoms with Crippen LogP contribution in [0.1, 0.15) is 16.7 Å². The van der Waals surface area contributed by atoms with E-state index in [2.05, 4.69) is 19.1 Å². The molecule has 0 bridgehead atoms. The van der Waals surface area contributed by atoms with E-state index >= 15 is 0 Å². The van der Waals surface area contributed by atoms with E-state index in [4.69, 9.17) is 13.3 Å². The molecular formula is C17H22O3Si. The summed E-state index contributed by atoms with van der Waals surface area (Å²) in [5, 5.41) is 1.02. The summed E-state index contributed by atoms with van der Waals surface area (Å²) >= 11 is 0. The van der Waals surface area contributed by atoms with Crippen molar-refractivity contribution in [3.63, 3.8) is 0 Å². The Morgan fingerprint density at radius 2 is 1.38 bits per heavy atom. The van der Waals surface area contributed by atoms with E-state index in [9.17, 15) is 0 Å². The van der Waals surface area contributed by atoms with Crippen LogP contribution >= 0.6 is 0 Å². The molecule has 0 aromatic heterocycles.